The average molecular weight is 247 g/mol. The molecule has 0 amide bonds. The summed E-state index contributed by atoms with van der Waals surface area (Å²) in [7, 11) is -3.03. The maximum atomic E-state index is 12.3. The van der Waals surface area contributed by atoms with Crippen molar-refractivity contribution in [3.63, 3.8) is 0 Å². The van der Waals surface area contributed by atoms with Crippen molar-refractivity contribution in [3.05, 3.63) is 0 Å². The molecule has 16 heavy (non-hydrogen) atoms. The Morgan fingerprint density at radius 1 is 1.19 bits per heavy atom. The fourth-order valence-electron chi connectivity index (χ4n) is 1.90. The Morgan fingerprint density at radius 2 is 1.75 bits per heavy atom. The molecule has 1 rings (SSSR count). The summed E-state index contributed by atoms with van der Waals surface area (Å²) < 4.78 is 26.2. The van der Waals surface area contributed by atoms with Crippen LogP contribution >= 0.6 is 0 Å². The third-order valence-electron chi connectivity index (χ3n) is 2.97. The third-order valence-corrected chi connectivity index (χ3v) is 5.62. The second-order valence-electron chi connectivity index (χ2n) is 5.69. The number of hydrogen-bond acceptors (Lipinski definition) is 2. The molecule has 1 saturated carbocycles. The van der Waals surface area contributed by atoms with Crippen molar-refractivity contribution in [2.75, 3.05) is 6.54 Å². The van der Waals surface area contributed by atoms with Gasteiger partial charge in [0.2, 0.25) is 10.0 Å². The first kappa shape index (κ1) is 14.0. The molecule has 4 heteroatoms. The van der Waals surface area contributed by atoms with E-state index in [4.69, 9.17) is 0 Å². The molecule has 0 aromatic rings. The Kier molecular flexibility index (Phi) is 4.41. The SMILES string of the molecule is CCCCCN(C(C)(C)C)S(=O)(=O)C1CC1. The maximum Gasteiger partial charge on any atom is 0.217 e. The Bertz CT molecular complexity index is 312. The molecule has 0 unspecified atom stereocenters. The van der Waals surface area contributed by atoms with Gasteiger partial charge in [-0.15, -0.1) is 0 Å². The van der Waals surface area contributed by atoms with Crippen molar-refractivity contribution in [1.29, 1.82) is 0 Å². The lowest BCUT2D eigenvalue weighted by molar-refractivity contribution is 0.245. The van der Waals surface area contributed by atoms with E-state index in [2.05, 4.69) is 6.92 Å². The van der Waals surface area contributed by atoms with Crippen LogP contribution in [0.3, 0.4) is 0 Å². The van der Waals surface area contributed by atoms with Crippen LogP contribution in [0.4, 0.5) is 0 Å². The van der Waals surface area contributed by atoms with Gasteiger partial charge in [-0.05, 0) is 40.0 Å². The van der Waals surface area contributed by atoms with Gasteiger partial charge in [0.05, 0.1) is 5.25 Å². The van der Waals surface area contributed by atoms with Gasteiger partial charge in [0, 0.05) is 12.1 Å². The highest BCUT2D eigenvalue weighted by Crippen LogP contribution is 2.34. The number of unbranched alkanes of at least 4 members (excludes halogenated alkanes) is 2. The van der Waals surface area contributed by atoms with Crippen molar-refractivity contribution in [1.82, 2.24) is 4.31 Å². The smallest absolute Gasteiger partial charge is 0.212 e. The lowest BCUT2D eigenvalue weighted by Gasteiger charge is -2.34. The summed E-state index contributed by atoms with van der Waals surface area (Å²) >= 11 is 0. The van der Waals surface area contributed by atoms with Crippen LogP contribution in [-0.4, -0.2) is 30.1 Å². The van der Waals surface area contributed by atoms with Crippen LogP contribution in [0, 0.1) is 0 Å². The molecule has 1 aliphatic rings. The van der Waals surface area contributed by atoms with E-state index in [1.807, 2.05) is 20.8 Å². The lowest BCUT2D eigenvalue weighted by atomic mass is 10.1. The number of hydrogen-bond donors (Lipinski definition) is 0. The fourth-order valence-corrected chi connectivity index (χ4v) is 4.13. The van der Waals surface area contributed by atoms with Crippen LogP contribution in [0.1, 0.15) is 59.8 Å². The van der Waals surface area contributed by atoms with Gasteiger partial charge in [-0.2, -0.15) is 4.31 Å². The second-order valence-corrected chi connectivity index (χ2v) is 7.83. The zero-order valence-corrected chi connectivity index (χ0v) is 11.8. The number of sulfonamides is 1. The summed E-state index contributed by atoms with van der Waals surface area (Å²) in [4.78, 5) is 0. The molecule has 1 fully saturated rings. The molecule has 0 atom stereocenters. The first-order valence-electron chi connectivity index (χ1n) is 6.32. The molecule has 0 aromatic carbocycles. The topological polar surface area (TPSA) is 37.4 Å². The highest BCUT2D eigenvalue weighted by Gasteiger charge is 2.43. The maximum absolute atomic E-state index is 12.3. The molecule has 0 spiro atoms. The molecule has 96 valence electrons. The molecule has 0 bridgehead atoms. The monoisotopic (exact) mass is 247 g/mol. The van der Waals surface area contributed by atoms with E-state index in [-0.39, 0.29) is 10.8 Å². The van der Waals surface area contributed by atoms with E-state index in [9.17, 15) is 8.42 Å². The summed E-state index contributed by atoms with van der Waals surface area (Å²) in [5.41, 5.74) is -0.283. The van der Waals surface area contributed by atoms with Gasteiger partial charge in [-0.25, -0.2) is 8.42 Å². The van der Waals surface area contributed by atoms with Crippen molar-refractivity contribution in [2.24, 2.45) is 0 Å². The first-order chi connectivity index (χ1) is 7.30. The molecule has 0 radical (unpaired) electrons. The Balaban J connectivity index is 2.71. The molecular weight excluding hydrogens is 222 g/mol. The molecule has 0 saturated heterocycles. The summed E-state index contributed by atoms with van der Waals surface area (Å²) in [6, 6.07) is 0. The predicted molar refractivity (Wildman–Crippen MR) is 67.9 cm³/mol. The van der Waals surface area contributed by atoms with E-state index in [0.717, 1.165) is 32.1 Å². The van der Waals surface area contributed by atoms with Gasteiger partial charge in [-0.3, -0.25) is 0 Å². The minimum atomic E-state index is -3.03. The van der Waals surface area contributed by atoms with Crippen LogP contribution in [0.2, 0.25) is 0 Å². The molecule has 1 aliphatic carbocycles. The van der Waals surface area contributed by atoms with Crippen LogP contribution in [0.5, 0.6) is 0 Å². The Morgan fingerprint density at radius 3 is 2.12 bits per heavy atom. The van der Waals surface area contributed by atoms with E-state index in [1.54, 1.807) is 4.31 Å². The fraction of sp³-hybridized carbons (Fsp3) is 1.00. The van der Waals surface area contributed by atoms with Gasteiger partial charge >= 0.3 is 0 Å². The molecule has 0 aliphatic heterocycles. The molecular formula is C12H25NO2S. The summed E-state index contributed by atoms with van der Waals surface area (Å²) in [6.45, 7) is 8.77. The van der Waals surface area contributed by atoms with Crippen LogP contribution in [-0.2, 0) is 10.0 Å². The predicted octanol–water partition coefficient (Wildman–Crippen LogP) is 2.77. The molecule has 0 aromatic heterocycles. The van der Waals surface area contributed by atoms with Gasteiger partial charge < -0.3 is 0 Å². The zero-order valence-electron chi connectivity index (χ0n) is 11.0. The number of rotatable bonds is 6. The third kappa shape index (κ3) is 3.45. The normalized spacial score (nSPS) is 18.1. The van der Waals surface area contributed by atoms with Gasteiger partial charge in [0.25, 0.3) is 0 Å². The van der Waals surface area contributed by atoms with E-state index in [1.165, 1.54) is 0 Å². The highest BCUT2D eigenvalue weighted by molar-refractivity contribution is 7.90. The van der Waals surface area contributed by atoms with E-state index in [0.29, 0.717) is 6.54 Å². The van der Waals surface area contributed by atoms with Crippen molar-refractivity contribution >= 4 is 10.0 Å². The number of nitrogens with zero attached hydrogens (tertiary/aromatic N) is 1. The summed E-state index contributed by atoms with van der Waals surface area (Å²) in [6.07, 6.45) is 4.90. The van der Waals surface area contributed by atoms with Crippen molar-refractivity contribution in [2.45, 2.75) is 70.6 Å². The van der Waals surface area contributed by atoms with Crippen LogP contribution in [0.25, 0.3) is 0 Å². The standard InChI is InChI=1S/C12H25NO2S/c1-5-6-7-10-13(12(2,3)4)16(14,15)11-8-9-11/h11H,5-10H2,1-4H3. The van der Waals surface area contributed by atoms with Crippen molar-refractivity contribution < 1.29 is 8.42 Å². The minimum Gasteiger partial charge on any atom is -0.212 e. The van der Waals surface area contributed by atoms with E-state index >= 15 is 0 Å². The van der Waals surface area contributed by atoms with Crippen LogP contribution in [0.15, 0.2) is 0 Å². The summed E-state index contributed by atoms with van der Waals surface area (Å²) in [5, 5.41) is -0.0895. The van der Waals surface area contributed by atoms with E-state index < -0.39 is 10.0 Å². The highest BCUT2D eigenvalue weighted by atomic mass is 32.2. The first-order valence-corrected chi connectivity index (χ1v) is 7.82. The second kappa shape index (κ2) is 5.05. The quantitative estimate of drug-likeness (QED) is 0.677. The summed E-state index contributed by atoms with van der Waals surface area (Å²) in [5.74, 6) is 0. The van der Waals surface area contributed by atoms with Crippen LogP contribution < -0.4 is 0 Å². The van der Waals surface area contributed by atoms with Crippen molar-refractivity contribution in [3.8, 4) is 0 Å². The Labute approximate surface area is 100 Å². The van der Waals surface area contributed by atoms with Gasteiger partial charge in [0.1, 0.15) is 0 Å². The zero-order chi connectivity index (χ0) is 12.4. The molecule has 0 N–H and O–H groups in total. The molecule has 3 nitrogen and oxygen atoms in total. The lowest BCUT2D eigenvalue weighted by Crippen LogP contribution is -2.47. The van der Waals surface area contributed by atoms with Gasteiger partial charge in [-0.1, -0.05) is 19.8 Å². The largest absolute Gasteiger partial charge is 0.217 e. The van der Waals surface area contributed by atoms with Gasteiger partial charge in [0.15, 0.2) is 0 Å². The minimum absolute atomic E-state index is 0.0895. The average Bonchev–Trinajstić information content (AvgIpc) is 2.92. The Hall–Kier alpha value is -0.0900. The molecule has 0 heterocycles.